The van der Waals surface area contributed by atoms with E-state index < -0.39 is 18.6 Å². The van der Waals surface area contributed by atoms with Gasteiger partial charge in [-0.15, -0.1) is 0 Å². The first-order valence-electron chi connectivity index (χ1n) is 7.95. The second kappa shape index (κ2) is 7.23. The molecule has 2 aromatic carbocycles. The van der Waals surface area contributed by atoms with Gasteiger partial charge in [-0.05, 0) is 30.2 Å². The third-order valence-corrected chi connectivity index (χ3v) is 3.95. The van der Waals surface area contributed by atoms with Gasteiger partial charge in [0, 0.05) is 18.3 Å². The highest BCUT2D eigenvalue weighted by molar-refractivity contribution is 5.98. The zero-order chi connectivity index (χ0) is 18.7. The fourth-order valence-corrected chi connectivity index (χ4v) is 2.79. The Morgan fingerprint density at radius 1 is 1.19 bits per heavy atom. The predicted octanol–water partition coefficient (Wildman–Crippen LogP) is 3.77. The number of alkyl halides is 3. The number of amides is 1. The smallest absolute Gasteiger partial charge is 0.422 e. The summed E-state index contributed by atoms with van der Waals surface area (Å²) in [5, 5.41) is 2.67. The molecule has 0 atom stereocenters. The van der Waals surface area contributed by atoms with Crippen LogP contribution < -0.4 is 15.0 Å². The highest BCUT2D eigenvalue weighted by Crippen LogP contribution is 2.29. The third kappa shape index (κ3) is 4.25. The van der Waals surface area contributed by atoms with Gasteiger partial charge in [-0.3, -0.25) is 4.79 Å². The summed E-state index contributed by atoms with van der Waals surface area (Å²) in [6.07, 6.45) is -3.78. The Bertz CT molecular complexity index is 808. The number of nitrogens with zero attached hydrogens (tertiary/aromatic N) is 1. The monoisotopic (exact) mass is 368 g/mol. The molecule has 0 saturated heterocycles. The molecule has 0 unspecified atom stereocenters. The van der Waals surface area contributed by atoms with Crippen molar-refractivity contribution < 1.29 is 27.1 Å². The van der Waals surface area contributed by atoms with Gasteiger partial charge in [0.2, 0.25) is 5.91 Å². The van der Waals surface area contributed by atoms with Crippen LogP contribution in [0.1, 0.15) is 5.56 Å². The minimum absolute atomic E-state index is 0.00455. The Kier molecular flexibility index (Phi) is 5.01. The summed E-state index contributed by atoms with van der Waals surface area (Å²) in [4.78, 5) is 14.0. The van der Waals surface area contributed by atoms with Crippen LogP contribution >= 0.6 is 0 Å². The molecule has 4 nitrogen and oxygen atoms in total. The Morgan fingerprint density at radius 2 is 1.96 bits per heavy atom. The van der Waals surface area contributed by atoms with Crippen LogP contribution in [0.5, 0.6) is 5.75 Å². The van der Waals surface area contributed by atoms with E-state index in [-0.39, 0.29) is 23.9 Å². The van der Waals surface area contributed by atoms with Gasteiger partial charge in [-0.25, -0.2) is 4.39 Å². The largest absolute Gasteiger partial charge is 0.482 e. The molecule has 0 fully saturated rings. The first-order valence-corrected chi connectivity index (χ1v) is 7.95. The van der Waals surface area contributed by atoms with Crippen LogP contribution in [0, 0.1) is 5.82 Å². The van der Waals surface area contributed by atoms with Gasteiger partial charge < -0.3 is 15.0 Å². The van der Waals surface area contributed by atoms with E-state index in [9.17, 15) is 22.4 Å². The lowest BCUT2D eigenvalue weighted by Gasteiger charge is -2.19. The van der Waals surface area contributed by atoms with E-state index in [0.29, 0.717) is 6.54 Å². The van der Waals surface area contributed by atoms with Gasteiger partial charge in [0.05, 0.1) is 12.2 Å². The second-order valence-electron chi connectivity index (χ2n) is 5.82. The normalized spacial score (nSPS) is 13.5. The van der Waals surface area contributed by atoms with Crippen LogP contribution in [0.4, 0.5) is 28.9 Å². The average Bonchev–Trinajstić information content (AvgIpc) is 3.02. The van der Waals surface area contributed by atoms with Crippen molar-refractivity contribution in [1.82, 2.24) is 0 Å². The number of carbonyl (C=O) groups excluding carboxylic acids is 1. The lowest BCUT2D eigenvalue weighted by atomic mass is 10.2. The number of halogens is 4. The molecule has 2 aromatic rings. The molecule has 138 valence electrons. The summed E-state index contributed by atoms with van der Waals surface area (Å²) in [5.41, 5.74) is 1.86. The van der Waals surface area contributed by atoms with Crippen LogP contribution in [0.25, 0.3) is 0 Å². The molecule has 0 spiro atoms. The summed E-state index contributed by atoms with van der Waals surface area (Å²) in [6, 6.07) is 10.6. The van der Waals surface area contributed by atoms with Gasteiger partial charge in [0.25, 0.3) is 0 Å². The number of benzene rings is 2. The Morgan fingerprint density at radius 3 is 2.73 bits per heavy atom. The fraction of sp³-hybridized carbons (Fsp3) is 0.278. The SMILES string of the molecule is O=C(CNc1cc(F)ccc1OCC(F)(F)F)N1CCc2ccccc21. The van der Waals surface area contributed by atoms with Crippen molar-refractivity contribution in [3.8, 4) is 5.75 Å². The number of hydrogen-bond donors (Lipinski definition) is 1. The summed E-state index contributed by atoms with van der Waals surface area (Å²) in [5.74, 6) is -1.08. The molecule has 0 aliphatic carbocycles. The van der Waals surface area contributed by atoms with Crippen LogP contribution in [0.3, 0.4) is 0 Å². The number of para-hydroxylation sites is 1. The van der Waals surface area contributed by atoms with E-state index in [4.69, 9.17) is 4.74 Å². The topological polar surface area (TPSA) is 41.6 Å². The van der Waals surface area contributed by atoms with Crippen molar-refractivity contribution in [1.29, 1.82) is 0 Å². The molecule has 1 heterocycles. The summed E-state index contributed by atoms with van der Waals surface area (Å²) >= 11 is 0. The van der Waals surface area contributed by atoms with Gasteiger partial charge in [-0.2, -0.15) is 13.2 Å². The maximum atomic E-state index is 13.4. The van der Waals surface area contributed by atoms with Crippen molar-refractivity contribution >= 4 is 17.3 Å². The molecule has 0 bridgehead atoms. The number of fused-ring (bicyclic) bond motifs is 1. The Balaban J connectivity index is 1.68. The van der Waals surface area contributed by atoms with Gasteiger partial charge >= 0.3 is 6.18 Å². The van der Waals surface area contributed by atoms with E-state index in [2.05, 4.69) is 5.32 Å². The summed E-state index contributed by atoms with van der Waals surface area (Å²) in [6.45, 7) is -1.17. The minimum Gasteiger partial charge on any atom is -0.482 e. The van der Waals surface area contributed by atoms with E-state index in [1.165, 1.54) is 0 Å². The van der Waals surface area contributed by atoms with Crippen LogP contribution in [-0.2, 0) is 11.2 Å². The molecule has 1 N–H and O–H groups in total. The quantitative estimate of drug-likeness (QED) is 0.817. The number of rotatable bonds is 5. The van der Waals surface area contributed by atoms with Crippen molar-refractivity contribution in [2.45, 2.75) is 12.6 Å². The molecule has 26 heavy (non-hydrogen) atoms. The van der Waals surface area contributed by atoms with Crippen molar-refractivity contribution in [3.05, 3.63) is 53.8 Å². The number of nitrogens with one attached hydrogen (secondary N) is 1. The molecule has 8 heteroatoms. The molecular formula is C18H16F4N2O2. The molecule has 0 radical (unpaired) electrons. The first-order chi connectivity index (χ1) is 12.3. The molecule has 1 aliphatic heterocycles. The third-order valence-electron chi connectivity index (χ3n) is 3.95. The summed E-state index contributed by atoms with van der Waals surface area (Å²) < 4.78 is 55.1. The van der Waals surface area contributed by atoms with E-state index in [0.717, 1.165) is 35.9 Å². The summed E-state index contributed by atoms with van der Waals surface area (Å²) in [7, 11) is 0. The zero-order valence-corrected chi connectivity index (χ0v) is 13.6. The zero-order valence-electron chi connectivity index (χ0n) is 13.6. The Labute approximate surface area is 147 Å². The molecule has 1 aliphatic rings. The number of ether oxygens (including phenoxy) is 1. The van der Waals surface area contributed by atoms with Crippen LogP contribution in [0.2, 0.25) is 0 Å². The Hall–Kier alpha value is -2.77. The van der Waals surface area contributed by atoms with E-state index in [1.807, 2.05) is 24.3 Å². The molecular weight excluding hydrogens is 352 g/mol. The standard InChI is InChI=1S/C18H16F4N2O2/c19-13-5-6-16(26-11-18(20,21)22)14(9-13)23-10-17(25)24-8-7-12-3-1-2-4-15(12)24/h1-6,9,23H,7-8,10-11H2. The maximum Gasteiger partial charge on any atom is 0.422 e. The lowest BCUT2D eigenvalue weighted by molar-refractivity contribution is -0.153. The first kappa shape index (κ1) is 18.0. The molecule has 0 saturated carbocycles. The van der Waals surface area contributed by atoms with Crippen molar-refractivity contribution in [3.63, 3.8) is 0 Å². The van der Waals surface area contributed by atoms with Gasteiger partial charge in [0.1, 0.15) is 11.6 Å². The van der Waals surface area contributed by atoms with Crippen molar-refractivity contribution in [2.75, 3.05) is 29.9 Å². The number of hydrogen-bond acceptors (Lipinski definition) is 3. The van der Waals surface area contributed by atoms with Gasteiger partial charge in [-0.1, -0.05) is 18.2 Å². The fourth-order valence-electron chi connectivity index (χ4n) is 2.79. The van der Waals surface area contributed by atoms with E-state index in [1.54, 1.807) is 4.90 Å². The van der Waals surface area contributed by atoms with Gasteiger partial charge in [0.15, 0.2) is 6.61 Å². The molecule has 0 aromatic heterocycles. The van der Waals surface area contributed by atoms with Crippen LogP contribution in [0.15, 0.2) is 42.5 Å². The highest BCUT2D eigenvalue weighted by Gasteiger charge is 2.29. The number of carbonyl (C=O) groups is 1. The van der Waals surface area contributed by atoms with E-state index >= 15 is 0 Å². The predicted molar refractivity (Wildman–Crippen MR) is 88.9 cm³/mol. The molecule has 3 rings (SSSR count). The highest BCUT2D eigenvalue weighted by atomic mass is 19.4. The average molecular weight is 368 g/mol. The molecule has 1 amide bonds. The maximum absolute atomic E-state index is 13.4. The minimum atomic E-state index is -4.51. The van der Waals surface area contributed by atoms with Crippen LogP contribution in [-0.4, -0.2) is 31.8 Å². The van der Waals surface area contributed by atoms with Crippen molar-refractivity contribution in [2.24, 2.45) is 0 Å². The number of anilines is 2. The second-order valence-corrected chi connectivity index (χ2v) is 5.82. The lowest BCUT2D eigenvalue weighted by Crippen LogP contribution is -2.34.